The largest absolute Gasteiger partial charge is 0.493 e. The summed E-state index contributed by atoms with van der Waals surface area (Å²) in [6.45, 7) is 2.66. The van der Waals surface area contributed by atoms with Gasteiger partial charge in [-0.1, -0.05) is 6.07 Å². The molecular weight excluding hydrogens is 402 g/mol. The molecule has 2 N–H and O–H groups in total. The van der Waals surface area contributed by atoms with Gasteiger partial charge in [0.2, 0.25) is 0 Å². The summed E-state index contributed by atoms with van der Waals surface area (Å²) >= 11 is 0. The Hall–Kier alpha value is -2.90. The van der Waals surface area contributed by atoms with Crippen LogP contribution in [0.2, 0.25) is 0 Å². The molecule has 30 heavy (non-hydrogen) atoms. The van der Waals surface area contributed by atoms with Gasteiger partial charge in [0, 0.05) is 24.7 Å². The SMILES string of the molecule is Cl.O=C(Nc1cccc(-c2ccc3c(c2)CCO3)n1)c1ccn(C2CCCNC2)n1. The number of hydrogen-bond acceptors (Lipinski definition) is 5. The second-order valence-electron chi connectivity index (χ2n) is 7.46. The van der Waals surface area contributed by atoms with Crippen LogP contribution in [0.1, 0.15) is 34.9 Å². The second kappa shape index (κ2) is 8.85. The van der Waals surface area contributed by atoms with E-state index in [0.717, 1.165) is 56.0 Å². The van der Waals surface area contributed by atoms with Gasteiger partial charge in [-0.3, -0.25) is 9.48 Å². The van der Waals surface area contributed by atoms with Crippen LogP contribution in [-0.2, 0) is 6.42 Å². The number of carbonyl (C=O) groups excluding carboxylic acids is 1. The van der Waals surface area contributed by atoms with Crippen molar-refractivity contribution in [2.45, 2.75) is 25.3 Å². The van der Waals surface area contributed by atoms with Crippen molar-refractivity contribution in [3.63, 3.8) is 0 Å². The van der Waals surface area contributed by atoms with E-state index < -0.39 is 0 Å². The van der Waals surface area contributed by atoms with E-state index in [0.29, 0.717) is 17.6 Å². The molecule has 2 aliphatic rings. The first-order valence-electron chi connectivity index (χ1n) is 10.1. The first-order valence-corrected chi connectivity index (χ1v) is 10.1. The number of rotatable bonds is 4. The van der Waals surface area contributed by atoms with Crippen molar-refractivity contribution in [3.8, 4) is 17.0 Å². The summed E-state index contributed by atoms with van der Waals surface area (Å²) in [5.41, 5.74) is 3.43. The Morgan fingerprint density at radius 2 is 2.17 bits per heavy atom. The van der Waals surface area contributed by atoms with Gasteiger partial charge in [0.1, 0.15) is 11.6 Å². The van der Waals surface area contributed by atoms with Gasteiger partial charge in [0.05, 0.1) is 18.3 Å². The number of nitrogens with one attached hydrogen (secondary N) is 2. The number of nitrogens with zero attached hydrogens (tertiary/aromatic N) is 3. The van der Waals surface area contributed by atoms with Crippen molar-refractivity contribution in [2.75, 3.05) is 25.0 Å². The molecule has 8 heteroatoms. The molecule has 4 heterocycles. The lowest BCUT2D eigenvalue weighted by atomic mass is 10.1. The third kappa shape index (κ3) is 4.17. The van der Waals surface area contributed by atoms with E-state index in [2.05, 4.69) is 26.8 Å². The van der Waals surface area contributed by atoms with Crippen molar-refractivity contribution in [2.24, 2.45) is 0 Å². The molecule has 1 unspecified atom stereocenters. The molecule has 1 atom stereocenters. The van der Waals surface area contributed by atoms with Gasteiger partial charge in [-0.15, -0.1) is 12.4 Å². The van der Waals surface area contributed by atoms with E-state index in [9.17, 15) is 4.79 Å². The van der Waals surface area contributed by atoms with Gasteiger partial charge in [-0.05, 0) is 61.3 Å². The lowest BCUT2D eigenvalue weighted by Crippen LogP contribution is -2.32. The van der Waals surface area contributed by atoms with Crippen molar-refractivity contribution in [1.82, 2.24) is 20.1 Å². The lowest BCUT2D eigenvalue weighted by molar-refractivity contribution is 0.102. The molecule has 0 spiro atoms. The molecule has 1 saturated heterocycles. The fourth-order valence-electron chi connectivity index (χ4n) is 3.91. The number of piperidine rings is 1. The maximum absolute atomic E-state index is 12.7. The molecule has 1 amide bonds. The minimum atomic E-state index is -0.250. The molecule has 2 aromatic heterocycles. The Bertz CT molecular complexity index is 1050. The van der Waals surface area contributed by atoms with Crippen molar-refractivity contribution in [1.29, 1.82) is 0 Å². The van der Waals surface area contributed by atoms with Crippen LogP contribution in [0.15, 0.2) is 48.7 Å². The molecule has 7 nitrogen and oxygen atoms in total. The van der Waals surface area contributed by atoms with Crippen LogP contribution in [-0.4, -0.2) is 40.4 Å². The van der Waals surface area contributed by atoms with Crippen LogP contribution < -0.4 is 15.4 Å². The Kier molecular flexibility index (Phi) is 6.01. The number of aromatic nitrogens is 3. The summed E-state index contributed by atoms with van der Waals surface area (Å²) in [6.07, 6.45) is 4.99. The number of benzene rings is 1. The van der Waals surface area contributed by atoms with Gasteiger partial charge in [0.25, 0.3) is 5.91 Å². The average molecular weight is 426 g/mol. The van der Waals surface area contributed by atoms with Gasteiger partial charge < -0.3 is 15.4 Å². The third-order valence-electron chi connectivity index (χ3n) is 5.46. The summed E-state index contributed by atoms with van der Waals surface area (Å²) in [6, 6.07) is 13.8. The molecule has 1 aromatic carbocycles. The normalized spacial score (nSPS) is 17.5. The number of halogens is 1. The molecule has 156 valence electrons. The maximum atomic E-state index is 12.7. The molecular formula is C22H24ClN5O2. The van der Waals surface area contributed by atoms with Gasteiger partial charge in [-0.25, -0.2) is 4.98 Å². The summed E-state index contributed by atoms with van der Waals surface area (Å²) in [5.74, 6) is 1.21. The Labute approximate surface area is 181 Å². The Morgan fingerprint density at radius 1 is 1.23 bits per heavy atom. The Balaban J connectivity index is 0.00000218. The lowest BCUT2D eigenvalue weighted by Gasteiger charge is -2.22. The highest BCUT2D eigenvalue weighted by atomic mass is 35.5. The quantitative estimate of drug-likeness (QED) is 0.668. The van der Waals surface area contributed by atoms with Crippen molar-refractivity contribution >= 4 is 24.1 Å². The van der Waals surface area contributed by atoms with E-state index in [1.165, 1.54) is 5.56 Å². The molecule has 3 aromatic rings. The average Bonchev–Trinajstić information content (AvgIpc) is 3.44. The number of pyridine rings is 1. The predicted octanol–water partition coefficient (Wildman–Crippen LogP) is 3.48. The number of amides is 1. The molecule has 0 aliphatic carbocycles. The Morgan fingerprint density at radius 3 is 3.03 bits per heavy atom. The highest BCUT2D eigenvalue weighted by molar-refractivity contribution is 6.02. The highest BCUT2D eigenvalue weighted by Crippen LogP contribution is 2.30. The zero-order valence-corrected chi connectivity index (χ0v) is 17.3. The van der Waals surface area contributed by atoms with Crippen molar-refractivity contribution in [3.05, 3.63) is 59.9 Å². The smallest absolute Gasteiger partial charge is 0.277 e. The monoisotopic (exact) mass is 425 g/mol. The van der Waals surface area contributed by atoms with E-state index in [-0.39, 0.29) is 18.3 Å². The summed E-state index contributed by atoms with van der Waals surface area (Å²) in [5, 5.41) is 10.7. The molecule has 2 aliphatic heterocycles. The zero-order chi connectivity index (χ0) is 19.6. The van der Waals surface area contributed by atoms with Gasteiger partial charge >= 0.3 is 0 Å². The van der Waals surface area contributed by atoms with Gasteiger partial charge in [-0.2, -0.15) is 5.10 Å². The molecule has 0 saturated carbocycles. The molecule has 1 fully saturated rings. The van der Waals surface area contributed by atoms with Crippen LogP contribution >= 0.6 is 12.4 Å². The summed E-state index contributed by atoms with van der Waals surface area (Å²) in [7, 11) is 0. The second-order valence-corrected chi connectivity index (χ2v) is 7.46. The first kappa shape index (κ1) is 20.4. The summed E-state index contributed by atoms with van der Waals surface area (Å²) in [4.78, 5) is 17.3. The molecule has 0 radical (unpaired) electrons. The minimum Gasteiger partial charge on any atom is -0.493 e. The highest BCUT2D eigenvalue weighted by Gasteiger charge is 2.18. The fourth-order valence-corrected chi connectivity index (χ4v) is 3.91. The van der Waals surface area contributed by atoms with E-state index in [1.54, 1.807) is 12.1 Å². The van der Waals surface area contributed by atoms with Crippen LogP contribution in [0.4, 0.5) is 5.82 Å². The standard InChI is InChI=1S/C22H23N5O2.ClH/c28-22(19-8-11-27(26-19)17-3-2-10-23-14-17)25-21-5-1-4-18(24-21)15-6-7-20-16(13-15)9-12-29-20;/h1,4-8,11,13,17,23H,2-3,9-10,12,14H2,(H,24,25,28);1H. The fraction of sp³-hybridized carbons (Fsp3) is 0.318. The van der Waals surface area contributed by atoms with E-state index in [4.69, 9.17) is 4.74 Å². The molecule has 0 bridgehead atoms. The first-order chi connectivity index (χ1) is 14.3. The maximum Gasteiger partial charge on any atom is 0.277 e. The number of ether oxygens (including phenoxy) is 1. The molecule has 5 rings (SSSR count). The van der Waals surface area contributed by atoms with Crippen LogP contribution in [0.5, 0.6) is 5.75 Å². The number of hydrogen-bond donors (Lipinski definition) is 2. The van der Waals surface area contributed by atoms with Crippen molar-refractivity contribution < 1.29 is 9.53 Å². The topological polar surface area (TPSA) is 81.1 Å². The zero-order valence-electron chi connectivity index (χ0n) is 16.5. The number of carbonyl (C=O) groups is 1. The number of fused-ring (bicyclic) bond motifs is 1. The summed E-state index contributed by atoms with van der Waals surface area (Å²) < 4.78 is 7.46. The van der Waals surface area contributed by atoms with Crippen LogP contribution in [0.3, 0.4) is 0 Å². The van der Waals surface area contributed by atoms with E-state index in [1.807, 2.05) is 35.1 Å². The van der Waals surface area contributed by atoms with Crippen LogP contribution in [0, 0.1) is 0 Å². The minimum absolute atomic E-state index is 0. The van der Waals surface area contributed by atoms with Crippen LogP contribution in [0.25, 0.3) is 11.3 Å². The third-order valence-corrected chi connectivity index (χ3v) is 5.46. The predicted molar refractivity (Wildman–Crippen MR) is 117 cm³/mol. The van der Waals surface area contributed by atoms with Gasteiger partial charge in [0.15, 0.2) is 5.69 Å². The number of anilines is 1. The van der Waals surface area contributed by atoms with E-state index >= 15 is 0 Å².